The Kier molecular flexibility index (Phi) is 4.22. The molecule has 21 heavy (non-hydrogen) atoms. The maximum Gasteiger partial charge on any atom is 0.123 e. The third-order valence-electron chi connectivity index (χ3n) is 3.99. The Labute approximate surface area is 125 Å². The molecule has 0 bridgehead atoms. The highest BCUT2D eigenvalue weighted by Crippen LogP contribution is 2.30. The molecule has 112 valence electrons. The van der Waals surface area contributed by atoms with E-state index in [-0.39, 0.29) is 0 Å². The number of para-hydroxylation sites is 1. The molecule has 3 rings (SSSR count). The first-order chi connectivity index (χ1) is 10.3. The van der Waals surface area contributed by atoms with E-state index in [1.165, 1.54) is 5.56 Å². The molecule has 1 fully saturated rings. The highest BCUT2D eigenvalue weighted by atomic mass is 16.5. The van der Waals surface area contributed by atoms with Gasteiger partial charge in [-0.2, -0.15) is 5.10 Å². The second kappa shape index (κ2) is 6.28. The van der Waals surface area contributed by atoms with Crippen LogP contribution in [0.2, 0.25) is 0 Å². The number of hydrogen-bond acceptors (Lipinski definition) is 4. The number of nitrogens with one attached hydrogen (secondary N) is 1. The number of ether oxygens (including phenoxy) is 1. The standard InChI is InChI=1S/C16H22N4O/c1-19-9-7-13(18-19)12-20-10-8-17-11-15(20)14-5-3-4-6-16(14)21-2/h3-7,9,15,17H,8,10-12H2,1-2H3/t15-/m1/s1. The molecule has 1 aromatic heterocycles. The van der Waals surface area contributed by atoms with E-state index in [1.54, 1.807) is 7.11 Å². The second-order valence-electron chi connectivity index (χ2n) is 5.41. The lowest BCUT2D eigenvalue weighted by Crippen LogP contribution is -2.45. The molecule has 1 aliphatic rings. The van der Waals surface area contributed by atoms with Gasteiger partial charge in [0.2, 0.25) is 0 Å². The minimum Gasteiger partial charge on any atom is -0.496 e. The van der Waals surface area contributed by atoms with Gasteiger partial charge in [0.05, 0.1) is 18.8 Å². The van der Waals surface area contributed by atoms with Crippen LogP contribution in [-0.2, 0) is 13.6 Å². The molecule has 0 spiro atoms. The third-order valence-corrected chi connectivity index (χ3v) is 3.99. The molecule has 0 radical (unpaired) electrons. The highest BCUT2D eigenvalue weighted by Gasteiger charge is 2.26. The Morgan fingerprint density at radius 2 is 2.19 bits per heavy atom. The van der Waals surface area contributed by atoms with E-state index in [0.717, 1.165) is 37.6 Å². The van der Waals surface area contributed by atoms with Crippen molar-refractivity contribution in [2.75, 3.05) is 26.7 Å². The Morgan fingerprint density at radius 1 is 1.33 bits per heavy atom. The van der Waals surface area contributed by atoms with Crippen molar-refractivity contribution in [1.82, 2.24) is 20.0 Å². The SMILES string of the molecule is COc1ccccc1[C@H]1CNCCN1Cc1ccn(C)n1. The maximum atomic E-state index is 5.53. The summed E-state index contributed by atoms with van der Waals surface area (Å²) in [5.74, 6) is 0.956. The van der Waals surface area contributed by atoms with Crippen molar-refractivity contribution in [1.29, 1.82) is 0 Å². The van der Waals surface area contributed by atoms with Crippen LogP contribution in [0, 0.1) is 0 Å². The summed E-state index contributed by atoms with van der Waals surface area (Å²) in [5, 5.41) is 7.98. The summed E-state index contributed by atoms with van der Waals surface area (Å²) in [4.78, 5) is 2.47. The maximum absolute atomic E-state index is 5.53. The number of aromatic nitrogens is 2. The van der Waals surface area contributed by atoms with Crippen LogP contribution in [0.4, 0.5) is 0 Å². The van der Waals surface area contributed by atoms with Crippen molar-refractivity contribution in [3.63, 3.8) is 0 Å². The van der Waals surface area contributed by atoms with Gasteiger partial charge in [-0.05, 0) is 12.1 Å². The zero-order chi connectivity index (χ0) is 14.7. The van der Waals surface area contributed by atoms with E-state index in [9.17, 15) is 0 Å². The minimum atomic E-state index is 0.317. The van der Waals surface area contributed by atoms with E-state index in [4.69, 9.17) is 4.74 Å². The number of hydrogen-bond donors (Lipinski definition) is 1. The Hall–Kier alpha value is -1.85. The molecule has 5 heteroatoms. The molecule has 1 atom stereocenters. The Bertz CT molecular complexity index is 595. The number of benzene rings is 1. The summed E-state index contributed by atoms with van der Waals surface area (Å²) in [7, 11) is 3.69. The van der Waals surface area contributed by atoms with Gasteiger partial charge in [0.1, 0.15) is 5.75 Å². The van der Waals surface area contributed by atoms with Gasteiger partial charge in [-0.25, -0.2) is 0 Å². The summed E-state index contributed by atoms with van der Waals surface area (Å²) in [6.07, 6.45) is 2.00. The van der Waals surface area contributed by atoms with Gasteiger partial charge in [0.15, 0.2) is 0 Å². The number of aryl methyl sites for hydroxylation is 1. The van der Waals surface area contributed by atoms with Crippen molar-refractivity contribution < 1.29 is 4.74 Å². The molecule has 1 aromatic carbocycles. The molecule has 2 heterocycles. The van der Waals surface area contributed by atoms with Crippen LogP contribution < -0.4 is 10.1 Å². The summed E-state index contributed by atoms with van der Waals surface area (Å²) in [6.45, 7) is 3.83. The molecule has 5 nitrogen and oxygen atoms in total. The zero-order valence-electron chi connectivity index (χ0n) is 12.6. The lowest BCUT2D eigenvalue weighted by Gasteiger charge is -2.36. The molecule has 0 unspecified atom stereocenters. The van der Waals surface area contributed by atoms with E-state index in [1.807, 2.05) is 30.1 Å². The lowest BCUT2D eigenvalue weighted by molar-refractivity contribution is 0.149. The topological polar surface area (TPSA) is 42.3 Å². The van der Waals surface area contributed by atoms with Gasteiger partial charge < -0.3 is 10.1 Å². The predicted octanol–water partition coefficient (Wildman–Crippen LogP) is 1.58. The van der Waals surface area contributed by atoms with Crippen LogP contribution in [0.15, 0.2) is 36.5 Å². The third kappa shape index (κ3) is 3.09. The average Bonchev–Trinajstić information content (AvgIpc) is 2.93. The fourth-order valence-electron chi connectivity index (χ4n) is 2.94. The quantitative estimate of drug-likeness (QED) is 0.926. The summed E-state index contributed by atoms with van der Waals surface area (Å²) in [6, 6.07) is 10.7. The first kappa shape index (κ1) is 14.1. The van der Waals surface area contributed by atoms with Gasteiger partial charge in [0.25, 0.3) is 0 Å². The van der Waals surface area contributed by atoms with Crippen molar-refractivity contribution in [3.05, 3.63) is 47.8 Å². The summed E-state index contributed by atoms with van der Waals surface area (Å²) >= 11 is 0. The van der Waals surface area contributed by atoms with Gasteiger partial charge >= 0.3 is 0 Å². The van der Waals surface area contributed by atoms with Crippen LogP contribution in [-0.4, -0.2) is 41.4 Å². The number of methoxy groups -OCH3 is 1. The summed E-state index contributed by atoms with van der Waals surface area (Å²) in [5.41, 5.74) is 2.35. The molecule has 0 amide bonds. The largest absolute Gasteiger partial charge is 0.496 e. The normalized spacial score (nSPS) is 19.6. The number of rotatable bonds is 4. The average molecular weight is 286 g/mol. The fraction of sp³-hybridized carbons (Fsp3) is 0.438. The van der Waals surface area contributed by atoms with E-state index in [2.05, 4.69) is 33.5 Å². The minimum absolute atomic E-state index is 0.317. The fourth-order valence-corrected chi connectivity index (χ4v) is 2.94. The lowest BCUT2D eigenvalue weighted by atomic mass is 10.0. The van der Waals surface area contributed by atoms with Gasteiger partial charge in [0, 0.05) is 45.0 Å². The first-order valence-corrected chi connectivity index (χ1v) is 7.34. The molecule has 1 aliphatic heterocycles. The van der Waals surface area contributed by atoms with E-state index >= 15 is 0 Å². The monoisotopic (exact) mass is 286 g/mol. The summed E-state index contributed by atoms with van der Waals surface area (Å²) < 4.78 is 7.38. The molecule has 2 aromatic rings. The van der Waals surface area contributed by atoms with Crippen LogP contribution in [0.25, 0.3) is 0 Å². The van der Waals surface area contributed by atoms with E-state index < -0.39 is 0 Å². The van der Waals surface area contributed by atoms with Crippen LogP contribution in [0.1, 0.15) is 17.3 Å². The smallest absolute Gasteiger partial charge is 0.123 e. The molecule has 1 N–H and O–H groups in total. The van der Waals surface area contributed by atoms with Crippen LogP contribution >= 0.6 is 0 Å². The van der Waals surface area contributed by atoms with Crippen LogP contribution in [0.3, 0.4) is 0 Å². The Balaban J connectivity index is 1.84. The van der Waals surface area contributed by atoms with Crippen molar-refractivity contribution in [3.8, 4) is 5.75 Å². The molecular weight excluding hydrogens is 264 g/mol. The predicted molar refractivity (Wildman–Crippen MR) is 82.2 cm³/mol. The van der Waals surface area contributed by atoms with Crippen molar-refractivity contribution in [2.24, 2.45) is 7.05 Å². The first-order valence-electron chi connectivity index (χ1n) is 7.34. The van der Waals surface area contributed by atoms with E-state index in [0.29, 0.717) is 6.04 Å². The highest BCUT2D eigenvalue weighted by molar-refractivity contribution is 5.36. The van der Waals surface area contributed by atoms with Crippen molar-refractivity contribution >= 4 is 0 Å². The molecule has 0 aliphatic carbocycles. The van der Waals surface area contributed by atoms with Gasteiger partial charge in [-0.1, -0.05) is 18.2 Å². The van der Waals surface area contributed by atoms with Crippen LogP contribution in [0.5, 0.6) is 5.75 Å². The number of nitrogens with zero attached hydrogens (tertiary/aromatic N) is 3. The van der Waals surface area contributed by atoms with Gasteiger partial charge in [-0.15, -0.1) is 0 Å². The van der Waals surface area contributed by atoms with Gasteiger partial charge in [-0.3, -0.25) is 9.58 Å². The Morgan fingerprint density at radius 3 is 2.95 bits per heavy atom. The molecular formula is C16H22N4O. The molecule has 0 saturated carbocycles. The molecule has 1 saturated heterocycles. The number of piperazine rings is 1. The second-order valence-corrected chi connectivity index (χ2v) is 5.41. The van der Waals surface area contributed by atoms with Crippen molar-refractivity contribution in [2.45, 2.75) is 12.6 Å². The zero-order valence-corrected chi connectivity index (χ0v) is 12.6.